The average Bonchev–Trinajstić information content (AvgIpc) is 1.72. The summed E-state index contributed by atoms with van der Waals surface area (Å²) in [5.41, 5.74) is 0. The van der Waals surface area contributed by atoms with Crippen LogP contribution in [0, 0.1) is 0 Å². The molecule has 0 aliphatic heterocycles. The second-order valence-electron chi connectivity index (χ2n) is 1.15. The van der Waals surface area contributed by atoms with Crippen LogP contribution < -0.4 is 6.15 Å². The second-order valence-corrected chi connectivity index (χ2v) is 1.15. The van der Waals surface area contributed by atoms with Gasteiger partial charge in [-0.2, -0.15) is 0 Å². The predicted octanol–water partition coefficient (Wildman–Crippen LogP) is 1.03. The standard InChI is InChI=1S/C6H6.N.HO/c1-2-4-6-5-3-1;;/h1-6H;;1H. The third kappa shape index (κ3) is 3.33. The second kappa shape index (κ2) is 6.14. The molecule has 0 saturated carbocycles. The van der Waals surface area contributed by atoms with Gasteiger partial charge >= 0.3 is 0 Å². The van der Waals surface area contributed by atoms with Crippen LogP contribution in [0.1, 0.15) is 0 Å². The summed E-state index contributed by atoms with van der Waals surface area (Å²) >= 11 is 0. The number of rotatable bonds is 0. The van der Waals surface area contributed by atoms with Gasteiger partial charge in [-0.05, 0) is 0 Å². The zero-order valence-electron chi connectivity index (χ0n) is 4.36. The maximum atomic E-state index is 2.00. The average molecular weight is 109 g/mol. The van der Waals surface area contributed by atoms with Gasteiger partial charge in [0, 0.05) is 6.15 Å². The molecule has 1 aromatic carbocycles. The SMILES string of the molecule is [N].[OH].c1ccccc1. The first-order chi connectivity index (χ1) is 3.00. The van der Waals surface area contributed by atoms with Crippen LogP contribution in [0.5, 0.6) is 0 Å². The van der Waals surface area contributed by atoms with E-state index in [2.05, 4.69) is 0 Å². The van der Waals surface area contributed by atoms with Gasteiger partial charge in [0.15, 0.2) is 0 Å². The smallest absolute Gasteiger partial charge is 0 e. The van der Waals surface area contributed by atoms with Crippen LogP contribution in [-0.4, -0.2) is 5.48 Å². The van der Waals surface area contributed by atoms with Crippen molar-refractivity contribution in [3.8, 4) is 0 Å². The molecule has 8 heavy (non-hydrogen) atoms. The van der Waals surface area contributed by atoms with Gasteiger partial charge in [-0.25, -0.2) is 0 Å². The molecule has 1 N–H and O–H groups in total. The Bertz CT molecular complexity index is 80.5. The van der Waals surface area contributed by atoms with Crippen molar-refractivity contribution in [3.63, 3.8) is 0 Å². The fourth-order valence-electron chi connectivity index (χ4n) is 0.385. The summed E-state index contributed by atoms with van der Waals surface area (Å²) in [7, 11) is 0. The van der Waals surface area contributed by atoms with Crippen LogP contribution in [-0.2, 0) is 0 Å². The summed E-state index contributed by atoms with van der Waals surface area (Å²) in [5, 5.41) is 0. The maximum absolute atomic E-state index is 2.00. The molecule has 1 rings (SSSR count). The molecule has 0 spiro atoms. The zero-order chi connectivity index (χ0) is 4.24. The lowest BCUT2D eigenvalue weighted by atomic mass is 10.4. The van der Waals surface area contributed by atoms with E-state index in [-0.39, 0.29) is 11.6 Å². The Labute approximate surface area is 49.0 Å². The van der Waals surface area contributed by atoms with Gasteiger partial charge in [0.1, 0.15) is 0 Å². The molecular weight excluding hydrogens is 102 g/mol. The predicted molar refractivity (Wildman–Crippen MR) is 30.5 cm³/mol. The summed E-state index contributed by atoms with van der Waals surface area (Å²) in [6.07, 6.45) is 0. The summed E-state index contributed by atoms with van der Waals surface area (Å²) in [4.78, 5) is 0. The molecular formula is C6H7NO. The fraction of sp³-hybridized carbons (Fsp3) is 0. The Balaban J connectivity index is 0. The topological polar surface area (TPSA) is 60.5 Å². The molecule has 0 aliphatic rings. The lowest BCUT2D eigenvalue weighted by Crippen LogP contribution is -1.47. The highest BCUT2D eigenvalue weighted by Gasteiger charge is 1.57. The van der Waals surface area contributed by atoms with Crippen LogP contribution in [0.2, 0.25) is 0 Å². The molecule has 0 fully saturated rings. The van der Waals surface area contributed by atoms with Gasteiger partial charge in [-0.1, -0.05) is 36.4 Å². The van der Waals surface area contributed by atoms with Crippen molar-refractivity contribution in [1.82, 2.24) is 6.15 Å². The molecule has 0 atom stereocenters. The molecule has 2 heteroatoms. The first kappa shape index (κ1) is 10.2. The minimum atomic E-state index is 0. The van der Waals surface area contributed by atoms with E-state index in [1.807, 2.05) is 36.4 Å². The van der Waals surface area contributed by atoms with Gasteiger partial charge in [0.2, 0.25) is 0 Å². The molecule has 4 radical (unpaired) electrons. The van der Waals surface area contributed by atoms with E-state index < -0.39 is 0 Å². The quantitative estimate of drug-likeness (QED) is 0.517. The van der Waals surface area contributed by atoms with E-state index in [4.69, 9.17) is 0 Å². The highest BCUT2D eigenvalue weighted by atomic mass is 16.0. The van der Waals surface area contributed by atoms with Gasteiger partial charge in [-0.15, -0.1) is 0 Å². The van der Waals surface area contributed by atoms with Gasteiger partial charge in [0.25, 0.3) is 0 Å². The van der Waals surface area contributed by atoms with Crippen molar-refractivity contribution in [2.75, 3.05) is 0 Å². The Morgan fingerprint density at radius 1 is 0.500 bits per heavy atom. The number of nitrogens with zero attached hydrogens (tertiary/aromatic N) is 1. The van der Waals surface area contributed by atoms with Crippen LogP contribution in [0.25, 0.3) is 0 Å². The minimum Gasteiger partial charge on any atom is -0.255 e. The third-order valence-corrected chi connectivity index (χ3v) is 0.667. The summed E-state index contributed by atoms with van der Waals surface area (Å²) in [5.74, 6) is 0. The van der Waals surface area contributed by atoms with Crippen LogP contribution in [0.15, 0.2) is 36.4 Å². The van der Waals surface area contributed by atoms with E-state index in [1.165, 1.54) is 0 Å². The van der Waals surface area contributed by atoms with E-state index in [1.54, 1.807) is 0 Å². The minimum absolute atomic E-state index is 0. The molecule has 1 aromatic rings. The Hall–Kier alpha value is -0.860. The van der Waals surface area contributed by atoms with E-state index in [0.29, 0.717) is 0 Å². The maximum Gasteiger partial charge on any atom is 0 e. The molecule has 0 amide bonds. The van der Waals surface area contributed by atoms with Crippen molar-refractivity contribution >= 4 is 0 Å². The monoisotopic (exact) mass is 109 g/mol. The number of benzene rings is 1. The third-order valence-electron chi connectivity index (χ3n) is 0.667. The fourth-order valence-corrected chi connectivity index (χ4v) is 0.385. The van der Waals surface area contributed by atoms with Crippen LogP contribution in [0.4, 0.5) is 0 Å². The molecule has 0 heterocycles. The first-order valence-electron chi connectivity index (χ1n) is 2.00. The largest absolute Gasteiger partial charge is 0.255 e. The highest BCUT2D eigenvalue weighted by Crippen LogP contribution is 1.79. The Kier molecular flexibility index (Phi) is 7.82. The van der Waals surface area contributed by atoms with Crippen LogP contribution >= 0.6 is 0 Å². The van der Waals surface area contributed by atoms with Gasteiger partial charge in [-0.3, -0.25) is 5.48 Å². The van der Waals surface area contributed by atoms with Crippen molar-refractivity contribution < 1.29 is 5.48 Å². The molecule has 0 aromatic heterocycles. The lowest BCUT2D eigenvalue weighted by Gasteiger charge is -1.69. The molecule has 0 saturated heterocycles. The van der Waals surface area contributed by atoms with Gasteiger partial charge < -0.3 is 0 Å². The van der Waals surface area contributed by atoms with Crippen LogP contribution in [0.3, 0.4) is 0 Å². The van der Waals surface area contributed by atoms with Crippen molar-refractivity contribution in [1.29, 1.82) is 0 Å². The van der Waals surface area contributed by atoms with E-state index >= 15 is 0 Å². The molecule has 42 valence electrons. The highest BCUT2D eigenvalue weighted by molar-refractivity contribution is 4.99. The molecule has 2 nitrogen and oxygen atoms in total. The van der Waals surface area contributed by atoms with Crippen molar-refractivity contribution in [3.05, 3.63) is 36.4 Å². The molecule has 0 unspecified atom stereocenters. The summed E-state index contributed by atoms with van der Waals surface area (Å²) < 4.78 is 0. The van der Waals surface area contributed by atoms with E-state index in [0.717, 1.165) is 0 Å². The molecule has 0 bridgehead atoms. The molecule has 0 aliphatic carbocycles. The summed E-state index contributed by atoms with van der Waals surface area (Å²) in [6.45, 7) is 0. The van der Waals surface area contributed by atoms with E-state index in [9.17, 15) is 0 Å². The summed E-state index contributed by atoms with van der Waals surface area (Å²) in [6, 6.07) is 12.0. The first-order valence-corrected chi connectivity index (χ1v) is 2.00. The number of hydrogen-bond acceptors (Lipinski definition) is 0. The lowest BCUT2D eigenvalue weighted by molar-refractivity contribution is 0.824. The van der Waals surface area contributed by atoms with Crippen molar-refractivity contribution in [2.45, 2.75) is 0 Å². The number of hydrogen-bond donors (Lipinski definition) is 1. The Morgan fingerprint density at radius 3 is 0.750 bits per heavy atom. The normalized spacial score (nSPS) is 6.00. The Morgan fingerprint density at radius 2 is 0.625 bits per heavy atom. The van der Waals surface area contributed by atoms with Gasteiger partial charge in [0.05, 0.1) is 0 Å². The zero-order valence-corrected chi connectivity index (χ0v) is 4.36. The van der Waals surface area contributed by atoms with Crippen molar-refractivity contribution in [2.24, 2.45) is 0 Å².